The fourth-order valence-electron chi connectivity index (χ4n) is 1.56. The first-order valence-electron chi connectivity index (χ1n) is 5.27. The van der Waals surface area contributed by atoms with Crippen LogP contribution in [-0.4, -0.2) is 18.8 Å². The fourth-order valence-corrected chi connectivity index (χ4v) is 1.56. The highest BCUT2D eigenvalue weighted by Crippen LogP contribution is 2.28. The molecule has 0 aliphatic rings. The van der Waals surface area contributed by atoms with Crippen LogP contribution >= 0.6 is 0 Å². The van der Waals surface area contributed by atoms with Gasteiger partial charge in [-0.05, 0) is 29.0 Å². The van der Waals surface area contributed by atoms with E-state index in [2.05, 4.69) is 32.9 Å². The van der Waals surface area contributed by atoms with Crippen LogP contribution in [0.2, 0.25) is 0 Å². The van der Waals surface area contributed by atoms with Gasteiger partial charge >= 0.3 is 0 Å². The van der Waals surface area contributed by atoms with Crippen LogP contribution < -0.4 is 4.74 Å². The van der Waals surface area contributed by atoms with Crippen LogP contribution in [0.1, 0.15) is 31.9 Å². The summed E-state index contributed by atoms with van der Waals surface area (Å²) in [6, 6.07) is 6.18. The molecule has 0 spiro atoms. The Labute approximate surface area is 91.9 Å². The van der Waals surface area contributed by atoms with Gasteiger partial charge in [-0.15, -0.1) is 0 Å². The summed E-state index contributed by atoms with van der Waals surface area (Å²) in [5.41, 5.74) is 2.48. The van der Waals surface area contributed by atoms with Crippen LogP contribution in [0, 0.1) is 0 Å². The van der Waals surface area contributed by atoms with E-state index in [1.54, 1.807) is 7.11 Å². The van der Waals surface area contributed by atoms with Crippen molar-refractivity contribution >= 4 is 0 Å². The average Bonchev–Trinajstić information content (AvgIpc) is 2.17. The monoisotopic (exact) mass is 208 g/mol. The van der Waals surface area contributed by atoms with Gasteiger partial charge in [0.1, 0.15) is 5.75 Å². The Morgan fingerprint density at radius 3 is 2.40 bits per heavy atom. The van der Waals surface area contributed by atoms with Gasteiger partial charge in [-0.25, -0.2) is 0 Å². The van der Waals surface area contributed by atoms with E-state index in [0.717, 1.165) is 11.3 Å². The summed E-state index contributed by atoms with van der Waals surface area (Å²) < 4.78 is 5.25. The molecule has 84 valence electrons. The maximum absolute atomic E-state index is 8.98. The smallest absolute Gasteiger partial charge is 0.122 e. The van der Waals surface area contributed by atoms with E-state index in [9.17, 15) is 0 Å². The Bertz CT molecular complexity index is 324. The lowest BCUT2D eigenvalue weighted by molar-refractivity contribution is 0.296. The van der Waals surface area contributed by atoms with Gasteiger partial charge < -0.3 is 9.84 Å². The van der Waals surface area contributed by atoms with Crippen molar-refractivity contribution in [3.8, 4) is 5.75 Å². The first-order valence-corrected chi connectivity index (χ1v) is 5.27. The first-order chi connectivity index (χ1) is 6.99. The van der Waals surface area contributed by atoms with Crippen LogP contribution in [0.3, 0.4) is 0 Å². The highest BCUT2D eigenvalue weighted by Gasteiger charge is 2.15. The summed E-state index contributed by atoms with van der Waals surface area (Å²) in [7, 11) is 1.66. The summed E-state index contributed by atoms with van der Waals surface area (Å²) in [6.07, 6.45) is 0.646. The quantitative estimate of drug-likeness (QED) is 0.827. The molecule has 1 aromatic carbocycles. The van der Waals surface area contributed by atoms with Crippen molar-refractivity contribution in [3.05, 3.63) is 29.3 Å². The van der Waals surface area contributed by atoms with Gasteiger partial charge in [-0.2, -0.15) is 0 Å². The Kier molecular flexibility index (Phi) is 3.75. The minimum atomic E-state index is 0.135. The number of benzene rings is 1. The number of hydrogen-bond donors (Lipinski definition) is 1. The highest BCUT2D eigenvalue weighted by atomic mass is 16.5. The van der Waals surface area contributed by atoms with Crippen molar-refractivity contribution in [2.75, 3.05) is 13.7 Å². The molecule has 2 nitrogen and oxygen atoms in total. The molecule has 1 N–H and O–H groups in total. The molecule has 0 bridgehead atoms. The normalized spacial score (nSPS) is 11.5. The molecule has 0 heterocycles. The van der Waals surface area contributed by atoms with Crippen molar-refractivity contribution in [1.82, 2.24) is 0 Å². The number of ether oxygens (including phenoxy) is 1. The van der Waals surface area contributed by atoms with E-state index < -0.39 is 0 Å². The molecule has 0 fully saturated rings. The predicted octanol–water partition coefficient (Wildman–Crippen LogP) is 2.53. The molecule has 0 saturated carbocycles. The van der Waals surface area contributed by atoms with Gasteiger partial charge in [-0.3, -0.25) is 0 Å². The second-order valence-electron chi connectivity index (χ2n) is 4.75. The van der Waals surface area contributed by atoms with Crippen molar-refractivity contribution in [1.29, 1.82) is 0 Å². The second kappa shape index (κ2) is 4.67. The van der Waals surface area contributed by atoms with Gasteiger partial charge in [0.2, 0.25) is 0 Å². The third-order valence-electron chi connectivity index (χ3n) is 2.53. The summed E-state index contributed by atoms with van der Waals surface area (Å²) >= 11 is 0. The van der Waals surface area contributed by atoms with E-state index in [4.69, 9.17) is 9.84 Å². The minimum Gasteiger partial charge on any atom is -0.496 e. The predicted molar refractivity (Wildman–Crippen MR) is 62.5 cm³/mol. The average molecular weight is 208 g/mol. The van der Waals surface area contributed by atoms with Crippen LogP contribution in [0.4, 0.5) is 0 Å². The molecule has 0 aromatic heterocycles. The summed E-state index contributed by atoms with van der Waals surface area (Å²) in [5.74, 6) is 0.858. The van der Waals surface area contributed by atoms with Gasteiger partial charge in [0.15, 0.2) is 0 Å². The third-order valence-corrected chi connectivity index (χ3v) is 2.53. The minimum absolute atomic E-state index is 0.135. The molecular formula is C13H20O2. The standard InChI is InChI=1S/C13H20O2/c1-13(2,3)11-5-6-12(15-4)10(9-11)7-8-14/h5-6,9,14H,7-8H2,1-4H3. The molecule has 1 aromatic rings. The number of aliphatic hydroxyl groups is 1. The van der Waals surface area contributed by atoms with Crippen LogP contribution in [-0.2, 0) is 11.8 Å². The molecule has 0 amide bonds. The maximum atomic E-state index is 8.98. The van der Waals surface area contributed by atoms with E-state index in [-0.39, 0.29) is 12.0 Å². The molecule has 0 saturated heterocycles. The van der Waals surface area contributed by atoms with E-state index in [1.165, 1.54) is 5.56 Å². The molecule has 0 radical (unpaired) electrons. The Balaban J connectivity index is 3.10. The van der Waals surface area contributed by atoms with E-state index in [1.807, 2.05) is 6.07 Å². The topological polar surface area (TPSA) is 29.5 Å². The lowest BCUT2D eigenvalue weighted by Gasteiger charge is -2.21. The largest absolute Gasteiger partial charge is 0.496 e. The van der Waals surface area contributed by atoms with Crippen molar-refractivity contribution in [3.63, 3.8) is 0 Å². The van der Waals surface area contributed by atoms with Crippen molar-refractivity contribution in [2.45, 2.75) is 32.6 Å². The van der Waals surface area contributed by atoms with E-state index >= 15 is 0 Å². The summed E-state index contributed by atoms with van der Waals surface area (Å²) in [5, 5.41) is 8.98. The van der Waals surface area contributed by atoms with Gasteiger partial charge in [0, 0.05) is 6.61 Å². The zero-order valence-electron chi connectivity index (χ0n) is 10.0. The lowest BCUT2D eigenvalue weighted by atomic mass is 9.86. The van der Waals surface area contributed by atoms with Crippen LogP contribution in [0.25, 0.3) is 0 Å². The molecule has 0 aliphatic carbocycles. The van der Waals surface area contributed by atoms with Crippen molar-refractivity contribution < 1.29 is 9.84 Å². The molecule has 0 atom stereocenters. The van der Waals surface area contributed by atoms with Gasteiger partial charge in [0.25, 0.3) is 0 Å². The summed E-state index contributed by atoms with van der Waals surface area (Å²) in [4.78, 5) is 0. The molecular weight excluding hydrogens is 188 g/mol. The fraction of sp³-hybridized carbons (Fsp3) is 0.538. The molecule has 0 aliphatic heterocycles. The number of methoxy groups -OCH3 is 1. The molecule has 0 unspecified atom stereocenters. The first kappa shape index (κ1) is 12.1. The summed E-state index contributed by atoms with van der Waals surface area (Å²) in [6.45, 7) is 6.69. The number of rotatable bonds is 3. The number of hydrogen-bond acceptors (Lipinski definition) is 2. The zero-order valence-corrected chi connectivity index (χ0v) is 10.0. The maximum Gasteiger partial charge on any atom is 0.122 e. The van der Waals surface area contributed by atoms with Crippen LogP contribution in [0.15, 0.2) is 18.2 Å². The molecule has 15 heavy (non-hydrogen) atoms. The zero-order chi connectivity index (χ0) is 11.5. The third kappa shape index (κ3) is 2.96. The Morgan fingerprint density at radius 2 is 1.93 bits per heavy atom. The van der Waals surface area contributed by atoms with Crippen LogP contribution in [0.5, 0.6) is 5.75 Å². The number of aliphatic hydroxyl groups excluding tert-OH is 1. The molecule has 2 heteroatoms. The highest BCUT2D eigenvalue weighted by molar-refractivity contribution is 5.39. The SMILES string of the molecule is COc1ccc(C(C)(C)C)cc1CCO. The Morgan fingerprint density at radius 1 is 1.27 bits per heavy atom. The van der Waals surface area contributed by atoms with E-state index in [0.29, 0.717) is 6.42 Å². The Hall–Kier alpha value is -1.02. The van der Waals surface area contributed by atoms with Gasteiger partial charge in [-0.1, -0.05) is 32.9 Å². The van der Waals surface area contributed by atoms with Crippen molar-refractivity contribution in [2.24, 2.45) is 0 Å². The van der Waals surface area contributed by atoms with Gasteiger partial charge in [0.05, 0.1) is 7.11 Å². The second-order valence-corrected chi connectivity index (χ2v) is 4.75. The lowest BCUT2D eigenvalue weighted by Crippen LogP contribution is -2.12. The molecule has 1 rings (SSSR count).